The van der Waals surface area contributed by atoms with Crippen molar-refractivity contribution in [1.82, 2.24) is 5.32 Å². The van der Waals surface area contributed by atoms with Crippen molar-refractivity contribution in [2.24, 2.45) is 0 Å². The van der Waals surface area contributed by atoms with E-state index in [0.717, 1.165) is 16.7 Å². The van der Waals surface area contributed by atoms with Gasteiger partial charge in [0.2, 0.25) is 0 Å². The van der Waals surface area contributed by atoms with E-state index in [2.05, 4.69) is 23.2 Å². The number of carbonyl (C=O) groups excluding carboxylic acids is 1. The minimum Gasteiger partial charge on any atom is -0.445 e. The number of hydrogen-bond donors (Lipinski definition) is 1. The zero-order valence-corrected chi connectivity index (χ0v) is 13.5. The number of nitrogens with one attached hydrogen (secondary N) is 1. The molecular formula is C20H18N2O2. The van der Waals surface area contributed by atoms with Gasteiger partial charge in [0.15, 0.2) is 0 Å². The van der Waals surface area contributed by atoms with Crippen LogP contribution in [0.25, 0.3) is 0 Å². The highest BCUT2D eigenvalue weighted by Gasteiger charge is 2.01. The number of ether oxygens (including phenoxy) is 1. The molecule has 0 saturated carbocycles. The van der Waals surface area contributed by atoms with Gasteiger partial charge in [0.05, 0.1) is 11.6 Å². The van der Waals surface area contributed by atoms with Crippen LogP contribution in [0.4, 0.5) is 4.79 Å². The predicted molar refractivity (Wildman–Crippen MR) is 92.0 cm³/mol. The lowest BCUT2D eigenvalue weighted by atomic mass is 10.0. The summed E-state index contributed by atoms with van der Waals surface area (Å²) in [6, 6.07) is 17.1. The van der Waals surface area contributed by atoms with Gasteiger partial charge in [0.1, 0.15) is 6.61 Å². The fourth-order valence-electron chi connectivity index (χ4n) is 2.05. The van der Waals surface area contributed by atoms with E-state index < -0.39 is 6.09 Å². The Hall–Kier alpha value is -3.24. The Balaban J connectivity index is 1.74. The molecule has 0 aliphatic carbocycles. The number of rotatable bonds is 4. The maximum atomic E-state index is 11.6. The van der Waals surface area contributed by atoms with Gasteiger partial charge < -0.3 is 10.1 Å². The van der Waals surface area contributed by atoms with Crippen LogP contribution in [0.5, 0.6) is 0 Å². The molecule has 2 aromatic rings. The lowest BCUT2D eigenvalue weighted by Crippen LogP contribution is -2.24. The molecule has 1 amide bonds. The Kier molecular flexibility index (Phi) is 6.44. The summed E-state index contributed by atoms with van der Waals surface area (Å²) in [4.78, 5) is 11.6. The molecule has 0 heterocycles. The van der Waals surface area contributed by atoms with Crippen molar-refractivity contribution in [3.8, 4) is 17.9 Å². The number of carbonyl (C=O) groups is 1. The first-order chi connectivity index (χ1) is 11.7. The largest absolute Gasteiger partial charge is 0.445 e. The second-order valence-electron chi connectivity index (χ2n) is 5.13. The van der Waals surface area contributed by atoms with Crippen molar-refractivity contribution in [3.63, 3.8) is 0 Å². The second kappa shape index (κ2) is 9.02. The van der Waals surface area contributed by atoms with Crippen LogP contribution in [0.2, 0.25) is 0 Å². The average Bonchev–Trinajstić information content (AvgIpc) is 2.62. The van der Waals surface area contributed by atoms with Crippen LogP contribution in [-0.4, -0.2) is 12.6 Å². The number of nitrogens with zero attached hydrogens (tertiary/aromatic N) is 1. The van der Waals surface area contributed by atoms with Crippen LogP contribution in [0, 0.1) is 30.1 Å². The standard InChI is InChI=1S/C20H18N2O2/c1-16-18(11-7-12-19(16)14-21)10-5-6-13-22-20(23)24-15-17-8-3-2-4-9-17/h2-4,7-9,11-12H,6,13,15H2,1H3,(H,22,23). The first kappa shape index (κ1) is 17.1. The summed E-state index contributed by atoms with van der Waals surface area (Å²) >= 11 is 0. The Morgan fingerprint density at radius 3 is 2.62 bits per heavy atom. The maximum absolute atomic E-state index is 11.6. The van der Waals surface area contributed by atoms with Gasteiger partial charge >= 0.3 is 6.09 Å². The lowest BCUT2D eigenvalue weighted by Gasteiger charge is -2.05. The van der Waals surface area contributed by atoms with E-state index in [4.69, 9.17) is 10.00 Å². The summed E-state index contributed by atoms with van der Waals surface area (Å²) < 4.78 is 5.11. The van der Waals surface area contributed by atoms with Gasteiger partial charge in [0.25, 0.3) is 0 Å². The minimum absolute atomic E-state index is 0.249. The molecular weight excluding hydrogens is 300 g/mol. The van der Waals surface area contributed by atoms with Gasteiger partial charge in [-0.3, -0.25) is 0 Å². The molecule has 0 atom stereocenters. The summed E-state index contributed by atoms with van der Waals surface area (Å²) in [5.41, 5.74) is 3.29. The van der Waals surface area contributed by atoms with E-state index in [0.29, 0.717) is 18.5 Å². The molecule has 0 aliphatic rings. The highest BCUT2D eigenvalue weighted by molar-refractivity contribution is 5.67. The summed E-state index contributed by atoms with van der Waals surface area (Å²) in [6.45, 7) is 2.54. The maximum Gasteiger partial charge on any atom is 0.407 e. The summed E-state index contributed by atoms with van der Waals surface area (Å²) in [7, 11) is 0. The molecule has 1 N–H and O–H groups in total. The molecule has 0 saturated heterocycles. The van der Waals surface area contributed by atoms with Crippen molar-refractivity contribution in [1.29, 1.82) is 5.26 Å². The zero-order chi connectivity index (χ0) is 17.2. The van der Waals surface area contributed by atoms with E-state index in [1.807, 2.05) is 49.4 Å². The van der Waals surface area contributed by atoms with E-state index in [1.54, 1.807) is 6.07 Å². The van der Waals surface area contributed by atoms with E-state index in [-0.39, 0.29) is 6.61 Å². The second-order valence-corrected chi connectivity index (χ2v) is 5.13. The summed E-state index contributed by atoms with van der Waals surface area (Å²) in [5, 5.41) is 11.6. The number of alkyl carbamates (subject to hydrolysis) is 1. The Labute approximate surface area is 142 Å². The molecule has 2 aromatic carbocycles. The van der Waals surface area contributed by atoms with Crippen LogP contribution in [0.15, 0.2) is 48.5 Å². The molecule has 4 heteroatoms. The molecule has 4 nitrogen and oxygen atoms in total. The zero-order valence-electron chi connectivity index (χ0n) is 13.5. The monoisotopic (exact) mass is 318 g/mol. The first-order valence-corrected chi connectivity index (χ1v) is 7.64. The van der Waals surface area contributed by atoms with Gasteiger partial charge in [-0.2, -0.15) is 5.26 Å². The van der Waals surface area contributed by atoms with Crippen molar-refractivity contribution in [2.75, 3.05) is 6.54 Å². The molecule has 0 fully saturated rings. The van der Waals surface area contributed by atoms with E-state index in [1.165, 1.54) is 0 Å². The van der Waals surface area contributed by atoms with Crippen molar-refractivity contribution < 1.29 is 9.53 Å². The molecule has 24 heavy (non-hydrogen) atoms. The SMILES string of the molecule is Cc1c(C#N)cccc1C#CCCNC(=O)OCc1ccccc1. The third kappa shape index (κ3) is 5.19. The minimum atomic E-state index is -0.455. The quantitative estimate of drug-likeness (QED) is 0.693. The highest BCUT2D eigenvalue weighted by Crippen LogP contribution is 2.11. The number of hydrogen-bond acceptors (Lipinski definition) is 3. The molecule has 0 aromatic heterocycles. The highest BCUT2D eigenvalue weighted by atomic mass is 16.5. The fourth-order valence-corrected chi connectivity index (χ4v) is 2.05. The number of amides is 1. The third-order valence-corrected chi connectivity index (χ3v) is 3.41. The molecule has 2 rings (SSSR count). The molecule has 0 aliphatic heterocycles. The molecule has 0 spiro atoms. The van der Waals surface area contributed by atoms with Gasteiger partial charge in [-0.1, -0.05) is 48.2 Å². The van der Waals surface area contributed by atoms with Crippen LogP contribution in [-0.2, 0) is 11.3 Å². The number of nitriles is 1. The average molecular weight is 318 g/mol. The van der Waals surface area contributed by atoms with Gasteiger partial charge in [-0.05, 0) is 30.2 Å². The molecule has 120 valence electrons. The normalized spacial score (nSPS) is 9.33. The van der Waals surface area contributed by atoms with E-state index in [9.17, 15) is 4.79 Å². The summed E-state index contributed by atoms with van der Waals surface area (Å²) in [5.74, 6) is 6.02. The van der Waals surface area contributed by atoms with Crippen molar-refractivity contribution in [2.45, 2.75) is 20.0 Å². The lowest BCUT2D eigenvalue weighted by molar-refractivity contribution is 0.140. The Morgan fingerprint density at radius 1 is 1.12 bits per heavy atom. The van der Waals surface area contributed by atoms with Gasteiger partial charge in [-0.25, -0.2) is 4.79 Å². The topological polar surface area (TPSA) is 62.1 Å². The third-order valence-electron chi connectivity index (χ3n) is 3.41. The van der Waals surface area contributed by atoms with Crippen LogP contribution < -0.4 is 5.32 Å². The van der Waals surface area contributed by atoms with E-state index >= 15 is 0 Å². The fraction of sp³-hybridized carbons (Fsp3) is 0.200. The van der Waals surface area contributed by atoms with Gasteiger partial charge in [0, 0.05) is 18.5 Å². The smallest absolute Gasteiger partial charge is 0.407 e. The Morgan fingerprint density at radius 2 is 1.88 bits per heavy atom. The molecule has 0 radical (unpaired) electrons. The molecule has 0 bridgehead atoms. The first-order valence-electron chi connectivity index (χ1n) is 7.64. The van der Waals surface area contributed by atoms with Crippen molar-refractivity contribution in [3.05, 3.63) is 70.8 Å². The van der Waals surface area contributed by atoms with Gasteiger partial charge in [-0.15, -0.1) is 0 Å². The number of benzene rings is 2. The van der Waals surface area contributed by atoms with Crippen LogP contribution in [0.3, 0.4) is 0 Å². The summed E-state index contributed by atoms with van der Waals surface area (Å²) in [6.07, 6.45) is 0.0553. The molecule has 0 unspecified atom stereocenters. The van der Waals surface area contributed by atoms with Crippen LogP contribution >= 0.6 is 0 Å². The van der Waals surface area contributed by atoms with Crippen molar-refractivity contribution >= 4 is 6.09 Å². The Bertz CT molecular complexity index is 796. The predicted octanol–water partition coefficient (Wildman–Crippen LogP) is 3.53. The van der Waals surface area contributed by atoms with Crippen LogP contribution in [0.1, 0.15) is 28.7 Å².